The van der Waals surface area contributed by atoms with Gasteiger partial charge in [0.25, 0.3) is 0 Å². The van der Waals surface area contributed by atoms with Crippen molar-refractivity contribution >= 4 is 11.9 Å². The van der Waals surface area contributed by atoms with Crippen LogP contribution in [0.25, 0.3) is 0 Å². The molecule has 4 rings (SSSR count). The molecule has 272 valence electrons. The van der Waals surface area contributed by atoms with Crippen LogP contribution in [0.2, 0.25) is 0 Å². The summed E-state index contributed by atoms with van der Waals surface area (Å²) in [5.41, 5.74) is -1.15. The van der Waals surface area contributed by atoms with Gasteiger partial charge >= 0.3 is 48.0 Å². The maximum atomic E-state index is 14.0. The summed E-state index contributed by atoms with van der Waals surface area (Å²) in [6, 6.07) is 0. The molecule has 0 saturated heterocycles. The fraction of sp³-hybridized carbons (Fsp3) is 0.931. The Hall–Kier alpha value is -2.04. The summed E-state index contributed by atoms with van der Waals surface area (Å²) in [6.07, 6.45) is -13.3. The lowest BCUT2D eigenvalue weighted by Gasteiger charge is -2.61. The van der Waals surface area contributed by atoms with E-state index in [2.05, 4.69) is 9.47 Å². The molecule has 4 aliphatic rings. The van der Waals surface area contributed by atoms with Gasteiger partial charge in [0.1, 0.15) is 12.2 Å². The molecule has 47 heavy (non-hydrogen) atoms. The van der Waals surface area contributed by atoms with Crippen molar-refractivity contribution in [2.45, 2.75) is 127 Å². The van der Waals surface area contributed by atoms with E-state index in [1.807, 2.05) is 13.8 Å². The third kappa shape index (κ3) is 5.76. The summed E-state index contributed by atoms with van der Waals surface area (Å²) < 4.78 is 193. The molecule has 0 N–H and O–H groups in total. The summed E-state index contributed by atoms with van der Waals surface area (Å²) in [6.45, 7) is 4.92. The van der Waals surface area contributed by atoms with Crippen molar-refractivity contribution < 1.29 is 80.5 Å². The van der Waals surface area contributed by atoms with Crippen LogP contribution < -0.4 is 0 Å². The molecule has 0 heterocycles. The fourth-order valence-corrected chi connectivity index (χ4v) is 9.30. The van der Waals surface area contributed by atoms with E-state index in [0.29, 0.717) is 38.5 Å². The third-order valence-corrected chi connectivity index (χ3v) is 11.8. The highest BCUT2D eigenvalue weighted by Crippen LogP contribution is 2.68. The zero-order valence-electron chi connectivity index (χ0n) is 25.3. The molecule has 0 spiro atoms. The van der Waals surface area contributed by atoms with Crippen LogP contribution >= 0.6 is 0 Å². The maximum Gasteiger partial charge on any atom is 0.460 e. The van der Waals surface area contributed by atoms with E-state index in [9.17, 15) is 71.1 Å². The Balaban J connectivity index is 1.43. The predicted molar refractivity (Wildman–Crippen MR) is 133 cm³/mol. The quantitative estimate of drug-likeness (QED) is 0.195. The van der Waals surface area contributed by atoms with Gasteiger partial charge in [0, 0.05) is 5.92 Å². The van der Waals surface area contributed by atoms with Gasteiger partial charge in [0.15, 0.2) is 0 Å². The van der Waals surface area contributed by atoms with Crippen molar-refractivity contribution in [3.63, 3.8) is 0 Å². The van der Waals surface area contributed by atoms with Gasteiger partial charge in [0.2, 0.25) is 0 Å². The zero-order chi connectivity index (χ0) is 36.0. The van der Waals surface area contributed by atoms with E-state index in [4.69, 9.17) is 0 Å². The highest BCUT2D eigenvalue weighted by atomic mass is 19.4. The number of rotatable bonds is 7. The van der Waals surface area contributed by atoms with Crippen LogP contribution in [0.4, 0.5) is 61.5 Å². The van der Waals surface area contributed by atoms with Gasteiger partial charge in [-0.1, -0.05) is 13.8 Å². The van der Waals surface area contributed by atoms with E-state index in [-0.39, 0.29) is 42.9 Å². The highest BCUT2D eigenvalue weighted by Gasteiger charge is 2.78. The van der Waals surface area contributed by atoms with E-state index >= 15 is 0 Å². The molecule has 9 atom stereocenters. The van der Waals surface area contributed by atoms with E-state index in [0.717, 1.165) is 0 Å². The van der Waals surface area contributed by atoms with Gasteiger partial charge in [-0.2, -0.15) is 61.5 Å². The summed E-state index contributed by atoms with van der Waals surface area (Å²) in [4.78, 5) is 23.8. The number of fused-ring (bicyclic) bond motifs is 5. The summed E-state index contributed by atoms with van der Waals surface area (Å²) in [5.74, 6) is -32.6. The molecule has 18 heteroatoms. The largest absolute Gasteiger partial charge is 0.460 e. The molecule has 4 fully saturated rings. The number of esters is 2. The van der Waals surface area contributed by atoms with Crippen LogP contribution in [0.3, 0.4) is 0 Å². The molecule has 1 unspecified atom stereocenters. The molecule has 4 saturated carbocycles. The van der Waals surface area contributed by atoms with Crippen LogP contribution in [-0.2, 0) is 19.1 Å². The normalized spacial score (nSPS) is 36.1. The maximum absolute atomic E-state index is 14.0. The van der Waals surface area contributed by atoms with Crippen molar-refractivity contribution in [3.8, 4) is 0 Å². The molecule has 0 aliphatic heterocycles. The average Bonchev–Trinajstić information content (AvgIpc) is 3.29. The Bertz CT molecular complexity index is 1220. The molecule has 4 aliphatic carbocycles. The number of carbonyl (C=O) groups excluding carboxylic acids is 2. The van der Waals surface area contributed by atoms with Gasteiger partial charge in [-0.25, -0.2) is 9.59 Å². The van der Waals surface area contributed by atoms with Gasteiger partial charge in [-0.05, 0) is 99.2 Å². The van der Waals surface area contributed by atoms with Crippen LogP contribution in [0.1, 0.15) is 78.6 Å². The number of carbonyl (C=O) groups is 2. The van der Waals surface area contributed by atoms with Crippen molar-refractivity contribution in [2.24, 2.45) is 40.4 Å². The minimum atomic E-state index is -6.70. The van der Waals surface area contributed by atoms with E-state index in [1.165, 1.54) is 6.92 Å². The molecular weight excluding hydrogens is 678 g/mol. The zero-order valence-corrected chi connectivity index (χ0v) is 25.3. The monoisotopic (exact) mass is 712 g/mol. The first-order valence-electron chi connectivity index (χ1n) is 15.1. The summed E-state index contributed by atoms with van der Waals surface area (Å²) in [7, 11) is 0. The lowest BCUT2D eigenvalue weighted by atomic mass is 9.44. The van der Waals surface area contributed by atoms with Gasteiger partial charge < -0.3 is 9.47 Å². The summed E-state index contributed by atoms with van der Waals surface area (Å²) >= 11 is 0. The Kier molecular flexibility index (Phi) is 9.25. The topological polar surface area (TPSA) is 52.6 Å². The van der Waals surface area contributed by atoms with Crippen LogP contribution in [0.5, 0.6) is 0 Å². The first kappa shape index (κ1) is 37.8. The van der Waals surface area contributed by atoms with Crippen LogP contribution in [0.15, 0.2) is 0 Å². The van der Waals surface area contributed by atoms with Gasteiger partial charge in [-0.15, -0.1) is 0 Å². The standard InChI is InChI=1S/C29H34F14O4/c1-13(46-20(44)24(30,31)26(34,35)28(38,39)40)17-6-7-18-16-5-4-14-12-15(8-10-22(14,2)19(16)9-11-23(17,18)3)47-21(45)25(32,33)27(36,37)29(41,42)43/h13-19H,4-12H2,1-3H3/t13?,14-,15-,16+,17-,18+,19+,22+,23-/m1/s1. The van der Waals surface area contributed by atoms with E-state index < -0.39 is 76.9 Å². The smallest absolute Gasteiger partial charge is 0.458 e. The molecule has 0 aromatic heterocycles. The molecule has 0 amide bonds. The van der Waals surface area contributed by atoms with Gasteiger partial charge in [0.05, 0.1) is 0 Å². The Morgan fingerprint density at radius 3 is 1.66 bits per heavy atom. The number of alkyl halides is 14. The molecule has 0 aromatic carbocycles. The number of hydrogen-bond donors (Lipinski definition) is 0. The fourth-order valence-electron chi connectivity index (χ4n) is 9.30. The number of hydrogen-bond acceptors (Lipinski definition) is 4. The van der Waals surface area contributed by atoms with Crippen LogP contribution in [-0.4, -0.2) is 60.2 Å². The van der Waals surface area contributed by atoms with E-state index in [1.54, 1.807) is 0 Å². The Morgan fingerprint density at radius 1 is 0.638 bits per heavy atom. The lowest BCUT2D eigenvalue weighted by Crippen LogP contribution is -2.58. The van der Waals surface area contributed by atoms with Crippen molar-refractivity contribution in [1.29, 1.82) is 0 Å². The Morgan fingerprint density at radius 2 is 1.13 bits per heavy atom. The predicted octanol–water partition coefficient (Wildman–Crippen LogP) is 9.15. The highest BCUT2D eigenvalue weighted by molar-refractivity contribution is 5.79. The molecule has 0 radical (unpaired) electrons. The first-order valence-corrected chi connectivity index (χ1v) is 15.1. The molecule has 0 bridgehead atoms. The average molecular weight is 713 g/mol. The van der Waals surface area contributed by atoms with Crippen LogP contribution in [0, 0.1) is 40.4 Å². The van der Waals surface area contributed by atoms with Gasteiger partial charge in [-0.3, -0.25) is 0 Å². The van der Waals surface area contributed by atoms with Crippen molar-refractivity contribution in [2.75, 3.05) is 0 Å². The number of halogens is 14. The first-order chi connectivity index (χ1) is 21.1. The second kappa shape index (κ2) is 11.5. The summed E-state index contributed by atoms with van der Waals surface area (Å²) in [5, 5.41) is 0. The van der Waals surface area contributed by atoms with Crippen molar-refractivity contribution in [3.05, 3.63) is 0 Å². The molecule has 4 nitrogen and oxygen atoms in total. The second-order valence-electron chi connectivity index (χ2n) is 14.1. The number of ether oxygens (including phenoxy) is 2. The molecule has 0 aromatic rings. The second-order valence-corrected chi connectivity index (χ2v) is 14.1. The lowest BCUT2D eigenvalue weighted by molar-refractivity contribution is -0.349. The molecular formula is C29H34F14O4. The van der Waals surface area contributed by atoms with Crippen molar-refractivity contribution in [1.82, 2.24) is 0 Å². The minimum Gasteiger partial charge on any atom is -0.458 e. The third-order valence-electron chi connectivity index (χ3n) is 11.8. The Labute approximate surface area is 260 Å². The SMILES string of the molecule is CC(OC(=O)C(F)(F)C(F)(F)C(F)(F)F)[C@H]1CC[C@H]2[C@@H]3CC[C@@H]4C[C@H](OC(=O)C(F)(F)C(F)(F)C(F)(F)F)CC[C@]4(C)[C@H]3CC[C@]12C. The minimum absolute atomic E-state index is 0.00665.